The monoisotopic (exact) mass is 422 g/mol. The van der Waals surface area contributed by atoms with Gasteiger partial charge in [0.15, 0.2) is 5.96 Å². The summed E-state index contributed by atoms with van der Waals surface area (Å²) in [5.41, 5.74) is 1.23. The van der Waals surface area contributed by atoms with Gasteiger partial charge in [-0.25, -0.2) is 0 Å². The van der Waals surface area contributed by atoms with Crippen LogP contribution in [-0.4, -0.2) is 51.2 Å². The van der Waals surface area contributed by atoms with Crippen LogP contribution in [0, 0.1) is 0 Å². The summed E-state index contributed by atoms with van der Waals surface area (Å²) >= 11 is 1.83. The molecule has 2 N–H and O–H groups in total. The van der Waals surface area contributed by atoms with Crippen LogP contribution in [0.15, 0.2) is 35.3 Å². The molecule has 0 saturated heterocycles. The number of rotatable bonds is 7. The average molecular weight is 422 g/mol. The van der Waals surface area contributed by atoms with Crippen molar-refractivity contribution in [1.82, 2.24) is 10.6 Å². The molecule has 1 rings (SSSR count). The molecule has 1 aromatic rings. The number of para-hydroxylation sites is 1. The topological polar surface area (TPSA) is 39.7 Å². The molecule has 0 aliphatic carbocycles. The van der Waals surface area contributed by atoms with Crippen LogP contribution in [0.2, 0.25) is 0 Å². The Bertz CT molecular complexity index is 400. The zero-order valence-electron chi connectivity index (χ0n) is 13.3. The predicted octanol–water partition coefficient (Wildman–Crippen LogP) is 2.66. The Morgan fingerprint density at radius 1 is 1.29 bits per heavy atom. The van der Waals surface area contributed by atoms with E-state index in [1.807, 2.05) is 17.8 Å². The van der Waals surface area contributed by atoms with Gasteiger partial charge in [-0.05, 0) is 25.3 Å². The van der Waals surface area contributed by atoms with E-state index in [9.17, 15) is 0 Å². The minimum absolute atomic E-state index is 0. The number of likely N-dealkylation sites (N-methyl/N-ethyl adjacent to an activating group) is 1. The van der Waals surface area contributed by atoms with Crippen LogP contribution in [0.25, 0.3) is 0 Å². The van der Waals surface area contributed by atoms with Crippen molar-refractivity contribution in [2.45, 2.75) is 13.0 Å². The molecule has 0 aliphatic heterocycles. The molecular formula is C15H27IN4S. The Labute approximate surface area is 150 Å². The highest BCUT2D eigenvalue weighted by Crippen LogP contribution is 2.13. The van der Waals surface area contributed by atoms with Crippen molar-refractivity contribution in [1.29, 1.82) is 0 Å². The molecule has 1 aromatic carbocycles. The Morgan fingerprint density at radius 3 is 2.52 bits per heavy atom. The number of halogens is 1. The first-order valence-corrected chi connectivity index (χ1v) is 8.29. The Balaban J connectivity index is 0.00000400. The fourth-order valence-corrected chi connectivity index (χ4v) is 2.10. The summed E-state index contributed by atoms with van der Waals surface area (Å²) in [7, 11) is 3.92. The standard InChI is InChI=1S/C15H26N4S.HI/c1-13(19(3)14-8-6-5-7-9-14)12-18-15(16-2)17-10-11-20-4;/h5-9,13H,10-12H2,1-4H3,(H2,16,17,18);1H. The summed E-state index contributed by atoms with van der Waals surface area (Å²) in [5.74, 6) is 1.95. The Hall–Kier alpha value is -0.630. The number of hydrogen-bond donors (Lipinski definition) is 2. The zero-order valence-corrected chi connectivity index (χ0v) is 16.4. The molecule has 0 aliphatic rings. The molecule has 0 fully saturated rings. The van der Waals surface area contributed by atoms with Crippen molar-refractivity contribution in [3.05, 3.63) is 30.3 Å². The maximum absolute atomic E-state index is 4.23. The van der Waals surface area contributed by atoms with E-state index in [1.165, 1.54) is 5.69 Å². The lowest BCUT2D eigenvalue weighted by atomic mass is 10.2. The second kappa shape index (κ2) is 12.0. The number of aliphatic imine (C=N–C) groups is 1. The summed E-state index contributed by atoms with van der Waals surface area (Å²) in [4.78, 5) is 6.50. The van der Waals surface area contributed by atoms with Gasteiger partial charge in [0.05, 0.1) is 0 Å². The van der Waals surface area contributed by atoms with Crippen molar-refractivity contribution in [3.63, 3.8) is 0 Å². The van der Waals surface area contributed by atoms with Crippen LogP contribution in [-0.2, 0) is 0 Å². The van der Waals surface area contributed by atoms with E-state index in [0.29, 0.717) is 6.04 Å². The van der Waals surface area contributed by atoms with Gasteiger partial charge in [0.2, 0.25) is 0 Å². The number of nitrogens with one attached hydrogen (secondary N) is 2. The zero-order chi connectivity index (χ0) is 14.8. The third-order valence-corrected chi connectivity index (χ3v) is 3.82. The maximum atomic E-state index is 4.23. The fourth-order valence-electron chi connectivity index (χ4n) is 1.79. The predicted molar refractivity (Wildman–Crippen MR) is 107 cm³/mol. The molecule has 120 valence electrons. The van der Waals surface area contributed by atoms with Crippen LogP contribution >= 0.6 is 35.7 Å². The highest BCUT2D eigenvalue weighted by Gasteiger charge is 2.10. The van der Waals surface area contributed by atoms with Crippen LogP contribution in [0.1, 0.15) is 6.92 Å². The number of nitrogens with zero attached hydrogens (tertiary/aromatic N) is 2. The first kappa shape index (κ1) is 20.4. The Kier molecular flexibility index (Phi) is 11.6. The van der Waals surface area contributed by atoms with Gasteiger partial charge in [-0.1, -0.05) is 18.2 Å². The van der Waals surface area contributed by atoms with Crippen molar-refractivity contribution >= 4 is 47.4 Å². The first-order chi connectivity index (χ1) is 9.69. The molecule has 0 radical (unpaired) electrons. The summed E-state index contributed by atoms with van der Waals surface area (Å²) < 4.78 is 0. The lowest BCUT2D eigenvalue weighted by Crippen LogP contribution is -2.45. The largest absolute Gasteiger partial charge is 0.370 e. The van der Waals surface area contributed by atoms with Crippen molar-refractivity contribution in [2.24, 2.45) is 4.99 Å². The molecule has 1 unspecified atom stereocenters. The lowest BCUT2D eigenvalue weighted by molar-refractivity contribution is 0.650. The Morgan fingerprint density at radius 2 is 1.95 bits per heavy atom. The first-order valence-electron chi connectivity index (χ1n) is 6.90. The normalized spacial score (nSPS) is 12.3. The van der Waals surface area contributed by atoms with Gasteiger partial charge >= 0.3 is 0 Å². The minimum atomic E-state index is 0. The summed E-state index contributed by atoms with van der Waals surface area (Å²) in [6.07, 6.45) is 2.11. The van der Waals surface area contributed by atoms with Gasteiger partial charge in [0.1, 0.15) is 0 Å². The van der Waals surface area contributed by atoms with Crippen molar-refractivity contribution in [2.75, 3.05) is 44.1 Å². The van der Waals surface area contributed by atoms with E-state index < -0.39 is 0 Å². The third-order valence-electron chi connectivity index (χ3n) is 3.21. The molecule has 0 amide bonds. The molecule has 0 spiro atoms. The van der Waals surface area contributed by atoms with Crippen LogP contribution in [0.5, 0.6) is 0 Å². The fraction of sp³-hybridized carbons (Fsp3) is 0.533. The quantitative estimate of drug-likeness (QED) is 0.307. The van der Waals surface area contributed by atoms with Crippen LogP contribution < -0.4 is 15.5 Å². The van der Waals surface area contributed by atoms with Gasteiger partial charge in [-0.2, -0.15) is 11.8 Å². The summed E-state index contributed by atoms with van der Waals surface area (Å²) in [5, 5.41) is 6.67. The molecule has 0 bridgehead atoms. The van der Waals surface area contributed by atoms with Gasteiger partial charge < -0.3 is 15.5 Å². The van der Waals surface area contributed by atoms with E-state index in [-0.39, 0.29) is 24.0 Å². The number of anilines is 1. The van der Waals surface area contributed by atoms with Crippen molar-refractivity contribution < 1.29 is 0 Å². The van der Waals surface area contributed by atoms with Gasteiger partial charge in [-0.15, -0.1) is 24.0 Å². The molecule has 0 heterocycles. The average Bonchev–Trinajstić information content (AvgIpc) is 2.50. The highest BCUT2D eigenvalue weighted by atomic mass is 127. The number of benzene rings is 1. The maximum Gasteiger partial charge on any atom is 0.191 e. The third kappa shape index (κ3) is 7.80. The summed E-state index contributed by atoms with van der Waals surface area (Å²) in [6, 6.07) is 10.8. The molecule has 21 heavy (non-hydrogen) atoms. The van der Waals surface area contributed by atoms with E-state index >= 15 is 0 Å². The smallest absolute Gasteiger partial charge is 0.191 e. The van der Waals surface area contributed by atoms with E-state index in [1.54, 1.807) is 7.05 Å². The SMILES string of the molecule is CN=C(NCCSC)NCC(C)N(C)c1ccccc1.I. The molecule has 6 heteroatoms. The van der Waals surface area contributed by atoms with E-state index in [2.05, 4.69) is 65.0 Å². The number of guanidine groups is 1. The minimum Gasteiger partial charge on any atom is -0.370 e. The van der Waals surface area contributed by atoms with E-state index in [0.717, 1.165) is 24.8 Å². The number of hydrogen-bond acceptors (Lipinski definition) is 3. The second-order valence-corrected chi connectivity index (χ2v) is 5.65. The van der Waals surface area contributed by atoms with Gasteiger partial charge in [-0.3, -0.25) is 4.99 Å². The van der Waals surface area contributed by atoms with Gasteiger partial charge in [0.25, 0.3) is 0 Å². The highest BCUT2D eigenvalue weighted by molar-refractivity contribution is 14.0. The molecule has 0 aromatic heterocycles. The van der Waals surface area contributed by atoms with Gasteiger partial charge in [0, 0.05) is 44.7 Å². The van der Waals surface area contributed by atoms with Crippen LogP contribution in [0.3, 0.4) is 0 Å². The molecule has 4 nitrogen and oxygen atoms in total. The van der Waals surface area contributed by atoms with Crippen LogP contribution in [0.4, 0.5) is 5.69 Å². The molecular weight excluding hydrogens is 395 g/mol. The summed E-state index contributed by atoms with van der Waals surface area (Å²) in [6.45, 7) is 3.99. The molecule has 1 atom stereocenters. The lowest BCUT2D eigenvalue weighted by Gasteiger charge is -2.27. The number of thioether (sulfide) groups is 1. The molecule has 0 saturated carbocycles. The van der Waals surface area contributed by atoms with E-state index in [4.69, 9.17) is 0 Å². The second-order valence-electron chi connectivity index (χ2n) is 4.67. The van der Waals surface area contributed by atoms with Crippen molar-refractivity contribution in [3.8, 4) is 0 Å².